The van der Waals surface area contributed by atoms with E-state index in [4.69, 9.17) is 30.0 Å². The van der Waals surface area contributed by atoms with Crippen LogP contribution in [-0.2, 0) is 18.9 Å². The highest BCUT2D eigenvalue weighted by atomic mass is 16.5. The summed E-state index contributed by atoms with van der Waals surface area (Å²) in [6.45, 7) is 0. The van der Waals surface area contributed by atoms with Gasteiger partial charge in [0.2, 0.25) is 0 Å². The van der Waals surface area contributed by atoms with Crippen molar-refractivity contribution in [2.75, 3.05) is 28.4 Å². The highest BCUT2D eigenvalue weighted by Crippen LogP contribution is 2.24. The summed E-state index contributed by atoms with van der Waals surface area (Å²) in [5.74, 6) is 0.868. The molecule has 0 spiro atoms. The van der Waals surface area contributed by atoms with Gasteiger partial charge < -0.3 is 30.0 Å². The summed E-state index contributed by atoms with van der Waals surface area (Å²) in [5.41, 5.74) is 19.9. The predicted molar refractivity (Wildman–Crippen MR) is 89.2 cm³/mol. The molecule has 0 aromatic rings. The molecule has 9 nitrogen and oxygen atoms in total. The van der Waals surface area contributed by atoms with Crippen LogP contribution in [0.15, 0.2) is 40.4 Å². The van der Waals surface area contributed by atoms with Crippen LogP contribution in [0.4, 0.5) is 0 Å². The number of ether oxygens (including phenoxy) is 4. The lowest BCUT2D eigenvalue weighted by molar-refractivity contribution is -0.0229. The number of aliphatic imine (C=N–C) groups is 1. The number of rotatable bonds is 5. The molecule has 0 aromatic heterocycles. The first-order valence-electron chi connectivity index (χ1n) is 7.42. The SMILES string of the molecule is COC1=CC(=[N+]=[N-])C(OC)C=C1N=C1CC(OC)C(=[N+]=[N-])C=C1OC. The van der Waals surface area contributed by atoms with Crippen molar-refractivity contribution in [1.29, 1.82) is 0 Å². The lowest BCUT2D eigenvalue weighted by Gasteiger charge is -2.20. The molecule has 9 heteroatoms. The number of hydrogen-bond acceptors (Lipinski definition) is 5. The third-order valence-electron chi connectivity index (χ3n) is 3.87. The largest absolute Gasteiger partial charge is 0.495 e. The molecule has 0 saturated carbocycles. The fourth-order valence-corrected chi connectivity index (χ4v) is 2.54. The molecule has 132 valence electrons. The van der Waals surface area contributed by atoms with Crippen molar-refractivity contribution in [2.45, 2.75) is 18.6 Å². The second-order valence-electron chi connectivity index (χ2n) is 5.17. The highest BCUT2D eigenvalue weighted by Gasteiger charge is 2.33. The maximum absolute atomic E-state index is 9.09. The molecule has 0 fully saturated rings. The lowest BCUT2D eigenvalue weighted by atomic mass is 9.98. The van der Waals surface area contributed by atoms with Crippen molar-refractivity contribution in [3.63, 3.8) is 0 Å². The molecular weight excluding hydrogens is 326 g/mol. The van der Waals surface area contributed by atoms with E-state index in [0.29, 0.717) is 40.8 Å². The van der Waals surface area contributed by atoms with E-state index in [1.54, 1.807) is 18.2 Å². The Morgan fingerprint density at radius 1 is 0.960 bits per heavy atom. The van der Waals surface area contributed by atoms with Gasteiger partial charge in [-0.1, -0.05) is 0 Å². The average Bonchev–Trinajstić information content (AvgIpc) is 2.66. The summed E-state index contributed by atoms with van der Waals surface area (Å²) < 4.78 is 21.3. The van der Waals surface area contributed by atoms with Gasteiger partial charge in [0.25, 0.3) is 0 Å². The van der Waals surface area contributed by atoms with Gasteiger partial charge in [0.05, 0.1) is 32.1 Å². The first-order chi connectivity index (χ1) is 12.1. The number of nitrogens with zero attached hydrogens (tertiary/aromatic N) is 5. The van der Waals surface area contributed by atoms with Crippen LogP contribution < -0.4 is 0 Å². The Bertz CT molecular complexity index is 767. The molecule has 2 unspecified atom stereocenters. The molecule has 0 aromatic carbocycles. The molecule has 0 amide bonds. The Morgan fingerprint density at radius 3 is 2.12 bits per heavy atom. The minimum absolute atomic E-state index is 0.305. The van der Waals surface area contributed by atoms with Crippen molar-refractivity contribution >= 4 is 17.1 Å². The van der Waals surface area contributed by atoms with E-state index in [9.17, 15) is 0 Å². The van der Waals surface area contributed by atoms with Crippen LogP contribution in [0.25, 0.3) is 11.1 Å². The summed E-state index contributed by atoms with van der Waals surface area (Å²) in [5, 5.41) is 0. The Balaban J connectivity index is 2.49. The average molecular weight is 345 g/mol. The molecular formula is C16H19N5O4. The molecule has 2 rings (SSSR count). The predicted octanol–water partition coefficient (Wildman–Crippen LogP) is 1.16. The molecule has 25 heavy (non-hydrogen) atoms. The standard InChI is InChI=1S/C16H19N5O4/c1-22-13-7-11(20-17)15(24-3)5-9(13)19-10-6-16(25-4)12(21-18)8-14(10)23-2/h5,7-8,15-16H,6H2,1-4H3. The van der Waals surface area contributed by atoms with Gasteiger partial charge in [-0.3, -0.25) is 0 Å². The lowest BCUT2D eigenvalue weighted by Crippen LogP contribution is -2.32. The molecule has 2 atom stereocenters. The van der Waals surface area contributed by atoms with Gasteiger partial charge in [-0.25, -0.2) is 4.99 Å². The van der Waals surface area contributed by atoms with E-state index in [-0.39, 0.29) is 0 Å². The van der Waals surface area contributed by atoms with E-state index >= 15 is 0 Å². The van der Waals surface area contributed by atoms with E-state index in [2.05, 4.69) is 14.6 Å². The summed E-state index contributed by atoms with van der Waals surface area (Å²) in [6, 6.07) is 0. The van der Waals surface area contributed by atoms with E-state index in [0.717, 1.165) is 0 Å². The fraction of sp³-hybridized carbons (Fsp3) is 0.438. The van der Waals surface area contributed by atoms with Gasteiger partial charge in [0.1, 0.15) is 11.5 Å². The van der Waals surface area contributed by atoms with Crippen LogP contribution >= 0.6 is 0 Å². The minimum atomic E-state index is -0.561. The van der Waals surface area contributed by atoms with Crippen LogP contribution in [0.3, 0.4) is 0 Å². The maximum atomic E-state index is 9.09. The van der Waals surface area contributed by atoms with Gasteiger partial charge >= 0.3 is 11.4 Å². The topological polar surface area (TPSA) is 122 Å². The van der Waals surface area contributed by atoms with Crippen molar-refractivity contribution < 1.29 is 28.5 Å². The first-order valence-corrected chi connectivity index (χ1v) is 7.42. The number of allylic oxidation sites excluding steroid dienone is 1. The number of hydrogen-bond donors (Lipinski definition) is 0. The Morgan fingerprint density at radius 2 is 1.60 bits per heavy atom. The third kappa shape index (κ3) is 3.81. The van der Waals surface area contributed by atoms with Crippen LogP contribution in [0.2, 0.25) is 0 Å². The molecule has 0 saturated heterocycles. The normalized spacial score (nSPS) is 24.8. The van der Waals surface area contributed by atoms with Gasteiger partial charge in [-0.2, -0.15) is 9.58 Å². The zero-order chi connectivity index (χ0) is 18.4. The van der Waals surface area contributed by atoms with Gasteiger partial charge in [-0.15, -0.1) is 0 Å². The third-order valence-corrected chi connectivity index (χ3v) is 3.87. The smallest absolute Gasteiger partial charge is 0.328 e. The summed E-state index contributed by atoms with van der Waals surface area (Å²) in [4.78, 5) is 11.0. The second-order valence-corrected chi connectivity index (χ2v) is 5.17. The molecule has 0 N–H and O–H groups in total. The van der Waals surface area contributed by atoms with Crippen molar-refractivity contribution in [1.82, 2.24) is 0 Å². The van der Waals surface area contributed by atoms with Crippen LogP contribution in [0, 0.1) is 0 Å². The summed E-state index contributed by atoms with van der Waals surface area (Å²) >= 11 is 0. The van der Waals surface area contributed by atoms with E-state index in [1.807, 2.05) is 0 Å². The molecule has 0 heterocycles. The minimum Gasteiger partial charge on any atom is -0.495 e. The molecule has 0 radical (unpaired) electrons. The zero-order valence-corrected chi connectivity index (χ0v) is 14.5. The fourth-order valence-electron chi connectivity index (χ4n) is 2.54. The van der Waals surface area contributed by atoms with Crippen LogP contribution in [0.1, 0.15) is 6.42 Å². The Hall–Kier alpha value is -2.83. The zero-order valence-electron chi connectivity index (χ0n) is 14.5. The van der Waals surface area contributed by atoms with Gasteiger partial charge in [-0.05, 0) is 6.08 Å². The summed E-state index contributed by atoms with van der Waals surface area (Å²) in [7, 11) is 6.00. The maximum Gasteiger partial charge on any atom is 0.328 e. The Kier molecular flexibility index (Phi) is 6.16. The van der Waals surface area contributed by atoms with Crippen molar-refractivity contribution in [2.24, 2.45) is 4.99 Å². The molecule has 2 aliphatic rings. The van der Waals surface area contributed by atoms with E-state index < -0.39 is 12.2 Å². The monoisotopic (exact) mass is 345 g/mol. The van der Waals surface area contributed by atoms with Gasteiger partial charge in [0.15, 0.2) is 18.0 Å². The van der Waals surface area contributed by atoms with Crippen LogP contribution in [-0.4, -0.2) is 67.4 Å². The van der Waals surface area contributed by atoms with E-state index in [1.165, 1.54) is 28.4 Å². The summed E-state index contributed by atoms with van der Waals surface area (Å²) in [6.07, 6.45) is 4.11. The molecule has 0 bridgehead atoms. The quantitative estimate of drug-likeness (QED) is 0.548. The first kappa shape index (κ1) is 18.5. The second kappa shape index (κ2) is 8.32. The van der Waals surface area contributed by atoms with Crippen molar-refractivity contribution in [3.8, 4) is 0 Å². The molecule has 0 aliphatic heterocycles. The highest BCUT2D eigenvalue weighted by molar-refractivity contribution is 6.12. The molecule has 2 aliphatic carbocycles. The number of methoxy groups -OCH3 is 4. The Labute approximate surface area is 145 Å². The van der Waals surface area contributed by atoms with Crippen LogP contribution in [0.5, 0.6) is 0 Å². The van der Waals surface area contributed by atoms with Crippen molar-refractivity contribution in [3.05, 3.63) is 46.5 Å². The van der Waals surface area contributed by atoms with Gasteiger partial charge in [0, 0.05) is 20.6 Å².